The van der Waals surface area contributed by atoms with E-state index in [-0.39, 0.29) is 12.4 Å². The SMILES string of the molecule is CCCC[C@H](NC(=O)c1occc1COc1ccccc1)C(=O)O. The Morgan fingerprint density at radius 3 is 2.67 bits per heavy atom. The van der Waals surface area contributed by atoms with Gasteiger partial charge in [0, 0.05) is 5.56 Å². The van der Waals surface area contributed by atoms with Crippen LogP contribution in [-0.4, -0.2) is 23.0 Å². The van der Waals surface area contributed by atoms with Gasteiger partial charge in [0.05, 0.1) is 6.26 Å². The number of carboxylic acids is 1. The fourth-order valence-electron chi connectivity index (χ4n) is 2.22. The number of aliphatic carboxylic acids is 1. The average Bonchev–Trinajstić information content (AvgIpc) is 3.06. The summed E-state index contributed by atoms with van der Waals surface area (Å²) in [6.07, 6.45) is 3.35. The fourth-order valence-corrected chi connectivity index (χ4v) is 2.22. The van der Waals surface area contributed by atoms with Crippen molar-refractivity contribution in [2.75, 3.05) is 0 Å². The number of unbranched alkanes of at least 4 members (excludes halogenated alkanes) is 1. The number of amides is 1. The second-order valence-electron chi connectivity index (χ2n) is 5.38. The molecule has 0 bridgehead atoms. The summed E-state index contributed by atoms with van der Waals surface area (Å²) in [5.41, 5.74) is 0.566. The lowest BCUT2D eigenvalue weighted by Gasteiger charge is -2.13. The second kappa shape index (κ2) is 8.76. The standard InChI is InChI=1S/C18H21NO5/c1-2-3-9-15(18(21)22)19-17(20)16-13(10-11-23-16)12-24-14-7-5-4-6-8-14/h4-8,10-11,15H,2-3,9,12H2,1H3,(H,19,20)(H,21,22)/t15-/m0/s1. The lowest BCUT2D eigenvalue weighted by molar-refractivity contribution is -0.139. The molecular weight excluding hydrogens is 310 g/mol. The Kier molecular flexibility index (Phi) is 6.42. The van der Waals surface area contributed by atoms with E-state index in [9.17, 15) is 14.7 Å². The summed E-state index contributed by atoms with van der Waals surface area (Å²) in [7, 11) is 0. The summed E-state index contributed by atoms with van der Waals surface area (Å²) in [5.74, 6) is -0.842. The van der Waals surface area contributed by atoms with Gasteiger partial charge in [-0.1, -0.05) is 38.0 Å². The lowest BCUT2D eigenvalue weighted by Crippen LogP contribution is -2.40. The summed E-state index contributed by atoms with van der Waals surface area (Å²) in [6, 6.07) is 9.92. The molecule has 0 saturated heterocycles. The van der Waals surface area contributed by atoms with Crippen molar-refractivity contribution in [1.82, 2.24) is 5.32 Å². The average molecular weight is 331 g/mol. The molecule has 2 N–H and O–H groups in total. The molecule has 0 radical (unpaired) electrons. The largest absolute Gasteiger partial charge is 0.489 e. The molecule has 0 spiro atoms. The lowest BCUT2D eigenvalue weighted by atomic mass is 10.1. The first-order valence-corrected chi connectivity index (χ1v) is 7.89. The van der Waals surface area contributed by atoms with E-state index in [0.29, 0.717) is 17.7 Å². The second-order valence-corrected chi connectivity index (χ2v) is 5.38. The van der Waals surface area contributed by atoms with Crippen LogP contribution in [0.15, 0.2) is 47.1 Å². The molecule has 1 heterocycles. The Morgan fingerprint density at radius 1 is 1.25 bits per heavy atom. The van der Waals surface area contributed by atoms with Crippen molar-refractivity contribution in [2.24, 2.45) is 0 Å². The number of carbonyl (C=O) groups excluding carboxylic acids is 1. The quantitative estimate of drug-likeness (QED) is 0.736. The van der Waals surface area contributed by atoms with Gasteiger partial charge in [0.2, 0.25) is 0 Å². The highest BCUT2D eigenvalue weighted by atomic mass is 16.5. The molecule has 128 valence electrons. The number of rotatable bonds is 9. The molecule has 1 amide bonds. The molecule has 0 unspecified atom stereocenters. The zero-order valence-corrected chi connectivity index (χ0v) is 13.5. The summed E-state index contributed by atoms with van der Waals surface area (Å²) in [4.78, 5) is 23.5. The highest BCUT2D eigenvalue weighted by molar-refractivity contribution is 5.95. The topological polar surface area (TPSA) is 88.8 Å². The van der Waals surface area contributed by atoms with Gasteiger partial charge in [-0.15, -0.1) is 0 Å². The Morgan fingerprint density at radius 2 is 2.00 bits per heavy atom. The molecular formula is C18H21NO5. The van der Waals surface area contributed by atoms with Crippen molar-refractivity contribution in [2.45, 2.75) is 38.8 Å². The minimum Gasteiger partial charge on any atom is -0.489 e. The highest BCUT2D eigenvalue weighted by Crippen LogP contribution is 2.16. The molecule has 1 atom stereocenters. The first-order valence-electron chi connectivity index (χ1n) is 7.89. The van der Waals surface area contributed by atoms with E-state index < -0.39 is 17.9 Å². The van der Waals surface area contributed by atoms with Crippen molar-refractivity contribution in [1.29, 1.82) is 0 Å². The van der Waals surface area contributed by atoms with Crippen LogP contribution >= 0.6 is 0 Å². The number of hydrogen-bond acceptors (Lipinski definition) is 4. The van der Waals surface area contributed by atoms with Crippen molar-refractivity contribution in [3.8, 4) is 5.75 Å². The summed E-state index contributed by atoms with van der Waals surface area (Å²) >= 11 is 0. The maximum absolute atomic E-state index is 12.3. The fraction of sp³-hybridized carbons (Fsp3) is 0.333. The number of benzene rings is 1. The molecule has 0 aliphatic carbocycles. The zero-order chi connectivity index (χ0) is 17.4. The number of ether oxygens (including phenoxy) is 1. The predicted octanol–water partition coefficient (Wildman–Crippen LogP) is 3.23. The predicted molar refractivity (Wildman–Crippen MR) is 87.9 cm³/mol. The molecule has 1 aromatic heterocycles. The summed E-state index contributed by atoms with van der Waals surface area (Å²) in [6.45, 7) is 2.13. The number of hydrogen-bond donors (Lipinski definition) is 2. The van der Waals surface area contributed by atoms with Crippen LogP contribution in [0, 0.1) is 0 Å². The molecule has 2 aromatic rings. The third-order valence-electron chi connectivity index (χ3n) is 3.54. The van der Waals surface area contributed by atoms with E-state index in [1.165, 1.54) is 6.26 Å². The Labute approximate surface area is 140 Å². The van der Waals surface area contributed by atoms with Crippen molar-refractivity contribution >= 4 is 11.9 Å². The Balaban J connectivity index is 1.99. The van der Waals surface area contributed by atoms with Crippen LogP contribution in [-0.2, 0) is 11.4 Å². The Bertz CT molecular complexity index is 665. The maximum atomic E-state index is 12.3. The van der Waals surface area contributed by atoms with Gasteiger partial charge in [-0.25, -0.2) is 4.79 Å². The Hall–Kier alpha value is -2.76. The van der Waals surface area contributed by atoms with Crippen molar-refractivity contribution < 1.29 is 23.8 Å². The van der Waals surface area contributed by atoms with Crippen LogP contribution in [0.5, 0.6) is 5.75 Å². The molecule has 0 fully saturated rings. The summed E-state index contributed by atoms with van der Waals surface area (Å²) in [5, 5.41) is 11.7. The van der Waals surface area contributed by atoms with E-state index in [0.717, 1.165) is 12.8 Å². The van der Waals surface area contributed by atoms with E-state index in [4.69, 9.17) is 9.15 Å². The van der Waals surface area contributed by atoms with Gasteiger partial charge < -0.3 is 19.6 Å². The molecule has 2 rings (SSSR count). The number of carbonyl (C=O) groups is 2. The molecule has 24 heavy (non-hydrogen) atoms. The monoisotopic (exact) mass is 331 g/mol. The molecule has 6 heteroatoms. The van der Waals surface area contributed by atoms with Gasteiger partial charge in [-0.3, -0.25) is 4.79 Å². The smallest absolute Gasteiger partial charge is 0.326 e. The van der Waals surface area contributed by atoms with E-state index in [1.54, 1.807) is 6.07 Å². The third-order valence-corrected chi connectivity index (χ3v) is 3.54. The molecule has 0 saturated carbocycles. The third kappa shape index (κ3) is 4.87. The van der Waals surface area contributed by atoms with Gasteiger partial charge in [-0.2, -0.15) is 0 Å². The van der Waals surface area contributed by atoms with E-state index in [2.05, 4.69) is 5.32 Å². The number of furan rings is 1. The van der Waals surface area contributed by atoms with Gasteiger partial charge in [-0.05, 0) is 24.6 Å². The van der Waals surface area contributed by atoms with Crippen LogP contribution in [0.3, 0.4) is 0 Å². The minimum atomic E-state index is -1.05. The maximum Gasteiger partial charge on any atom is 0.326 e. The minimum absolute atomic E-state index is 0.0775. The van der Waals surface area contributed by atoms with Crippen LogP contribution in [0.1, 0.15) is 42.3 Å². The zero-order valence-electron chi connectivity index (χ0n) is 13.5. The van der Waals surface area contributed by atoms with E-state index >= 15 is 0 Å². The van der Waals surface area contributed by atoms with Gasteiger partial charge in [0.1, 0.15) is 18.4 Å². The first kappa shape index (κ1) is 17.6. The molecule has 0 aliphatic rings. The summed E-state index contributed by atoms with van der Waals surface area (Å²) < 4.78 is 10.8. The molecule has 6 nitrogen and oxygen atoms in total. The van der Waals surface area contributed by atoms with E-state index in [1.807, 2.05) is 37.3 Å². The number of para-hydroxylation sites is 1. The van der Waals surface area contributed by atoms with Gasteiger partial charge >= 0.3 is 5.97 Å². The number of nitrogens with one attached hydrogen (secondary N) is 1. The highest BCUT2D eigenvalue weighted by Gasteiger charge is 2.23. The normalized spacial score (nSPS) is 11.7. The van der Waals surface area contributed by atoms with Gasteiger partial charge in [0.25, 0.3) is 5.91 Å². The van der Waals surface area contributed by atoms with Crippen LogP contribution in [0.25, 0.3) is 0 Å². The first-order chi connectivity index (χ1) is 11.6. The van der Waals surface area contributed by atoms with Crippen molar-refractivity contribution in [3.05, 3.63) is 54.0 Å². The number of carboxylic acid groups (broad SMARTS) is 1. The van der Waals surface area contributed by atoms with Gasteiger partial charge in [0.15, 0.2) is 5.76 Å². The molecule has 0 aliphatic heterocycles. The van der Waals surface area contributed by atoms with Crippen LogP contribution in [0.2, 0.25) is 0 Å². The van der Waals surface area contributed by atoms with Crippen LogP contribution in [0.4, 0.5) is 0 Å². The van der Waals surface area contributed by atoms with Crippen LogP contribution < -0.4 is 10.1 Å². The molecule has 1 aromatic carbocycles. The van der Waals surface area contributed by atoms with Crippen molar-refractivity contribution in [3.63, 3.8) is 0 Å².